The Balaban J connectivity index is 1.57. The second-order valence-electron chi connectivity index (χ2n) is 6.26. The molecule has 1 aromatic rings. The standard InChI is InChI=1S/C16H21N3O/c17-14-9-15(13-4-2-1-3-12(13)14)18-7-8-19-11(10-18)5-6-16(19)20/h1-4,11,14-15H,5-10,17H2. The van der Waals surface area contributed by atoms with Crippen LogP contribution in [0.2, 0.25) is 0 Å². The molecule has 1 amide bonds. The van der Waals surface area contributed by atoms with Crippen molar-refractivity contribution in [1.29, 1.82) is 0 Å². The molecule has 4 nitrogen and oxygen atoms in total. The van der Waals surface area contributed by atoms with Crippen LogP contribution in [0.25, 0.3) is 0 Å². The van der Waals surface area contributed by atoms with E-state index in [0.717, 1.165) is 38.9 Å². The molecule has 4 rings (SSSR count). The molecule has 2 heterocycles. The lowest BCUT2D eigenvalue weighted by Crippen LogP contribution is -2.52. The number of nitrogens with two attached hydrogens (primary N) is 1. The minimum Gasteiger partial charge on any atom is -0.337 e. The summed E-state index contributed by atoms with van der Waals surface area (Å²) in [7, 11) is 0. The van der Waals surface area contributed by atoms with Crippen LogP contribution in [-0.4, -0.2) is 41.4 Å². The molecule has 3 aliphatic rings. The van der Waals surface area contributed by atoms with Crippen LogP contribution in [0.4, 0.5) is 0 Å². The predicted octanol–water partition coefficient (Wildman–Crippen LogP) is 1.44. The molecule has 2 fully saturated rings. The summed E-state index contributed by atoms with van der Waals surface area (Å²) in [6.45, 7) is 2.88. The van der Waals surface area contributed by atoms with Gasteiger partial charge >= 0.3 is 0 Å². The van der Waals surface area contributed by atoms with Crippen LogP contribution in [-0.2, 0) is 4.79 Å². The number of fused-ring (bicyclic) bond motifs is 2. The van der Waals surface area contributed by atoms with Crippen LogP contribution in [0.1, 0.15) is 42.5 Å². The first-order chi connectivity index (χ1) is 9.74. The van der Waals surface area contributed by atoms with Crippen molar-refractivity contribution in [2.75, 3.05) is 19.6 Å². The van der Waals surface area contributed by atoms with Gasteiger partial charge in [0, 0.05) is 44.2 Å². The Labute approximate surface area is 119 Å². The maximum Gasteiger partial charge on any atom is 0.222 e. The molecule has 2 saturated heterocycles. The molecule has 4 heteroatoms. The SMILES string of the molecule is NC1CC(N2CCN3C(=O)CCC3C2)c2ccccc21. The molecule has 0 spiro atoms. The third-order valence-electron chi connectivity index (χ3n) is 5.20. The Morgan fingerprint density at radius 2 is 1.95 bits per heavy atom. The highest BCUT2D eigenvalue weighted by atomic mass is 16.2. The zero-order valence-electron chi connectivity index (χ0n) is 11.7. The molecular formula is C16H21N3O. The molecule has 2 aliphatic heterocycles. The summed E-state index contributed by atoms with van der Waals surface area (Å²) in [5.41, 5.74) is 8.99. The van der Waals surface area contributed by atoms with E-state index in [9.17, 15) is 4.79 Å². The Hall–Kier alpha value is -1.39. The second-order valence-corrected chi connectivity index (χ2v) is 6.26. The van der Waals surface area contributed by atoms with Crippen LogP contribution in [0.3, 0.4) is 0 Å². The van der Waals surface area contributed by atoms with Crippen molar-refractivity contribution in [3.8, 4) is 0 Å². The first-order valence-corrected chi connectivity index (χ1v) is 7.62. The number of carbonyl (C=O) groups is 1. The number of amides is 1. The van der Waals surface area contributed by atoms with Gasteiger partial charge in [-0.05, 0) is 24.0 Å². The van der Waals surface area contributed by atoms with Gasteiger partial charge in [0.25, 0.3) is 0 Å². The quantitative estimate of drug-likeness (QED) is 0.841. The fourth-order valence-electron chi connectivity index (χ4n) is 4.16. The van der Waals surface area contributed by atoms with Crippen molar-refractivity contribution in [2.45, 2.75) is 37.4 Å². The zero-order chi connectivity index (χ0) is 13.7. The Morgan fingerprint density at radius 1 is 1.15 bits per heavy atom. The van der Waals surface area contributed by atoms with E-state index in [1.54, 1.807) is 0 Å². The summed E-state index contributed by atoms with van der Waals surface area (Å²) >= 11 is 0. The Morgan fingerprint density at radius 3 is 2.80 bits per heavy atom. The molecule has 20 heavy (non-hydrogen) atoms. The van der Waals surface area contributed by atoms with Crippen molar-refractivity contribution >= 4 is 5.91 Å². The third kappa shape index (κ3) is 1.79. The van der Waals surface area contributed by atoms with E-state index < -0.39 is 0 Å². The third-order valence-corrected chi connectivity index (χ3v) is 5.20. The van der Waals surface area contributed by atoms with Crippen molar-refractivity contribution < 1.29 is 4.79 Å². The van der Waals surface area contributed by atoms with E-state index in [1.807, 2.05) is 0 Å². The summed E-state index contributed by atoms with van der Waals surface area (Å²) in [6.07, 6.45) is 2.77. The summed E-state index contributed by atoms with van der Waals surface area (Å²) in [5, 5.41) is 0. The first-order valence-electron chi connectivity index (χ1n) is 7.62. The van der Waals surface area contributed by atoms with E-state index >= 15 is 0 Å². The summed E-state index contributed by atoms with van der Waals surface area (Å²) < 4.78 is 0. The van der Waals surface area contributed by atoms with Gasteiger partial charge in [0.2, 0.25) is 5.91 Å². The Bertz CT molecular complexity index is 544. The van der Waals surface area contributed by atoms with Gasteiger partial charge in [-0.25, -0.2) is 0 Å². The monoisotopic (exact) mass is 271 g/mol. The summed E-state index contributed by atoms with van der Waals surface area (Å²) in [5.74, 6) is 0.346. The smallest absolute Gasteiger partial charge is 0.222 e. The number of piperazine rings is 1. The van der Waals surface area contributed by atoms with Gasteiger partial charge in [-0.3, -0.25) is 9.69 Å². The number of hydrogen-bond donors (Lipinski definition) is 1. The van der Waals surface area contributed by atoms with Gasteiger partial charge in [-0.1, -0.05) is 24.3 Å². The molecule has 1 aromatic carbocycles. The van der Waals surface area contributed by atoms with E-state index in [2.05, 4.69) is 34.1 Å². The van der Waals surface area contributed by atoms with E-state index in [4.69, 9.17) is 5.73 Å². The lowest BCUT2D eigenvalue weighted by molar-refractivity contribution is -0.131. The Kier molecular flexibility index (Phi) is 2.82. The molecule has 3 atom stereocenters. The maximum atomic E-state index is 11.8. The number of carbonyl (C=O) groups excluding carboxylic acids is 1. The van der Waals surface area contributed by atoms with Crippen LogP contribution in [0, 0.1) is 0 Å². The average molecular weight is 271 g/mol. The van der Waals surface area contributed by atoms with Gasteiger partial charge in [-0.2, -0.15) is 0 Å². The fourth-order valence-corrected chi connectivity index (χ4v) is 4.16. The van der Waals surface area contributed by atoms with Crippen LogP contribution >= 0.6 is 0 Å². The minimum atomic E-state index is 0.166. The molecule has 106 valence electrons. The van der Waals surface area contributed by atoms with Gasteiger partial charge < -0.3 is 10.6 Å². The molecule has 0 bridgehead atoms. The predicted molar refractivity (Wildman–Crippen MR) is 77.0 cm³/mol. The van der Waals surface area contributed by atoms with Crippen molar-refractivity contribution in [1.82, 2.24) is 9.80 Å². The summed E-state index contributed by atoms with van der Waals surface area (Å²) in [4.78, 5) is 16.4. The lowest BCUT2D eigenvalue weighted by Gasteiger charge is -2.40. The molecule has 3 unspecified atom stereocenters. The zero-order valence-corrected chi connectivity index (χ0v) is 11.7. The number of rotatable bonds is 1. The fraction of sp³-hybridized carbons (Fsp3) is 0.562. The topological polar surface area (TPSA) is 49.6 Å². The van der Waals surface area contributed by atoms with E-state index in [0.29, 0.717) is 18.0 Å². The van der Waals surface area contributed by atoms with Crippen LogP contribution in [0.15, 0.2) is 24.3 Å². The molecule has 1 aliphatic carbocycles. The average Bonchev–Trinajstić information content (AvgIpc) is 3.01. The van der Waals surface area contributed by atoms with Crippen LogP contribution < -0.4 is 5.73 Å². The highest BCUT2D eigenvalue weighted by Gasteiger charge is 2.40. The first kappa shape index (κ1) is 12.4. The number of hydrogen-bond acceptors (Lipinski definition) is 3. The normalized spacial score (nSPS) is 33.4. The number of nitrogens with zero attached hydrogens (tertiary/aromatic N) is 2. The highest BCUT2D eigenvalue weighted by molar-refractivity contribution is 5.78. The number of benzene rings is 1. The van der Waals surface area contributed by atoms with Crippen LogP contribution in [0.5, 0.6) is 0 Å². The van der Waals surface area contributed by atoms with Gasteiger partial charge in [0.1, 0.15) is 0 Å². The molecular weight excluding hydrogens is 250 g/mol. The van der Waals surface area contributed by atoms with Crippen molar-refractivity contribution in [3.05, 3.63) is 35.4 Å². The van der Waals surface area contributed by atoms with E-state index in [-0.39, 0.29) is 6.04 Å². The highest BCUT2D eigenvalue weighted by Crippen LogP contribution is 2.42. The van der Waals surface area contributed by atoms with Gasteiger partial charge in [0.05, 0.1) is 0 Å². The molecule has 0 aromatic heterocycles. The van der Waals surface area contributed by atoms with Gasteiger partial charge in [-0.15, -0.1) is 0 Å². The van der Waals surface area contributed by atoms with Crippen molar-refractivity contribution in [2.24, 2.45) is 5.73 Å². The molecule has 2 N–H and O–H groups in total. The van der Waals surface area contributed by atoms with Gasteiger partial charge in [0.15, 0.2) is 0 Å². The lowest BCUT2D eigenvalue weighted by atomic mass is 10.0. The minimum absolute atomic E-state index is 0.166. The molecule has 0 radical (unpaired) electrons. The maximum absolute atomic E-state index is 11.8. The van der Waals surface area contributed by atoms with Crippen molar-refractivity contribution in [3.63, 3.8) is 0 Å². The summed E-state index contributed by atoms with van der Waals surface area (Å²) in [6, 6.07) is 9.61. The largest absolute Gasteiger partial charge is 0.337 e. The second kappa shape index (κ2) is 4.57. The van der Waals surface area contributed by atoms with E-state index in [1.165, 1.54) is 11.1 Å². The molecule has 0 saturated carbocycles.